The zero-order chi connectivity index (χ0) is 33.0. The minimum atomic E-state index is -0.343. The molecule has 2 amide bonds. The van der Waals surface area contributed by atoms with Crippen LogP contribution in [0.4, 0.5) is 16.3 Å². The number of hydrogen-bond acceptors (Lipinski definition) is 5. The molecule has 8 heteroatoms. The smallest absolute Gasteiger partial charge is 0.324 e. The Hall–Kier alpha value is -4.66. The third-order valence-corrected chi connectivity index (χ3v) is 8.86. The van der Waals surface area contributed by atoms with Gasteiger partial charge in [-0.3, -0.25) is 10.2 Å². The summed E-state index contributed by atoms with van der Waals surface area (Å²) in [5, 5.41) is 12.8. The van der Waals surface area contributed by atoms with Gasteiger partial charge < -0.3 is 14.8 Å². The molecule has 0 radical (unpaired) electrons. The minimum absolute atomic E-state index is 0.152. The number of morpholine rings is 1. The maximum atomic E-state index is 13.4. The lowest BCUT2D eigenvalue weighted by Crippen LogP contribution is -2.45. The second-order valence-electron chi connectivity index (χ2n) is 13.4. The molecule has 5 aromatic rings. The monoisotopic (exact) mass is 631 g/mol. The standard InChI is InChI=1S/C39H45N5O3/c1-27-15-17-30(18-16-27)44-37(25-36(42-44)39(3,4)5)41-38(45)40-33-19-20-34(32-14-10-9-13-31(32)33)46-23-21-43-22-24-47-35(26-43)28(2)29-11-7-6-8-12-29/h6-20,25,28,35H,21-24,26H2,1-5H3,(H2,40,41,45). The summed E-state index contributed by atoms with van der Waals surface area (Å²) in [6, 6.07) is 32.1. The molecule has 2 N–H and O–H groups in total. The SMILES string of the molecule is Cc1ccc(-n2nc(C(C)(C)C)cc2NC(=O)Nc2ccc(OCCN3CCOC(C(C)c4ccccc4)C3)c3ccccc23)cc1. The maximum absolute atomic E-state index is 13.4. The number of anilines is 2. The molecule has 6 rings (SSSR count). The van der Waals surface area contributed by atoms with E-state index in [1.807, 2.05) is 73.7 Å². The van der Waals surface area contributed by atoms with Crippen molar-refractivity contribution in [3.63, 3.8) is 0 Å². The number of carbonyl (C=O) groups excluding carboxylic acids is 1. The molecule has 2 heterocycles. The van der Waals surface area contributed by atoms with Gasteiger partial charge in [-0.05, 0) is 36.8 Å². The third kappa shape index (κ3) is 7.67. The van der Waals surface area contributed by atoms with E-state index in [0.717, 1.165) is 59.7 Å². The fourth-order valence-electron chi connectivity index (χ4n) is 5.99. The van der Waals surface area contributed by atoms with Gasteiger partial charge in [-0.15, -0.1) is 0 Å². The summed E-state index contributed by atoms with van der Waals surface area (Å²) in [5.41, 5.74) is 4.75. The van der Waals surface area contributed by atoms with Crippen LogP contribution in [0.1, 0.15) is 50.4 Å². The van der Waals surface area contributed by atoms with Crippen molar-refractivity contribution >= 4 is 28.3 Å². The second kappa shape index (κ2) is 14.0. The Morgan fingerprint density at radius 3 is 2.43 bits per heavy atom. The molecule has 0 aliphatic carbocycles. The van der Waals surface area contributed by atoms with Gasteiger partial charge in [0.25, 0.3) is 0 Å². The summed E-state index contributed by atoms with van der Waals surface area (Å²) in [6.07, 6.45) is 0.152. The number of benzene rings is 4. The van der Waals surface area contributed by atoms with Gasteiger partial charge in [0.15, 0.2) is 0 Å². The first-order valence-corrected chi connectivity index (χ1v) is 16.4. The van der Waals surface area contributed by atoms with Crippen LogP contribution < -0.4 is 15.4 Å². The van der Waals surface area contributed by atoms with Crippen LogP contribution in [0.15, 0.2) is 97.1 Å². The number of ether oxygens (including phenoxy) is 2. The first-order chi connectivity index (χ1) is 22.7. The summed E-state index contributed by atoms with van der Waals surface area (Å²) >= 11 is 0. The highest BCUT2D eigenvalue weighted by Gasteiger charge is 2.26. The highest BCUT2D eigenvalue weighted by atomic mass is 16.5. The largest absolute Gasteiger partial charge is 0.492 e. The van der Waals surface area contributed by atoms with Crippen LogP contribution >= 0.6 is 0 Å². The highest BCUT2D eigenvalue weighted by molar-refractivity contribution is 6.07. The van der Waals surface area contributed by atoms with Gasteiger partial charge in [-0.1, -0.05) is 100.0 Å². The summed E-state index contributed by atoms with van der Waals surface area (Å²) in [6.45, 7) is 14.5. The molecule has 0 saturated carbocycles. The van der Waals surface area contributed by atoms with Crippen molar-refractivity contribution in [2.45, 2.75) is 52.1 Å². The van der Waals surface area contributed by atoms with Gasteiger partial charge in [0.05, 0.1) is 29.8 Å². The van der Waals surface area contributed by atoms with Crippen LogP contribution in [0.3, 0.4) is 0 Å². The van der Waals surface area contributed by atoms with Crippen molar-refractivity contribution in [2.24, 2.45) is 0 Å². The van der Waals surface area contributed by atoms with E-state index in [1.165, 1.54) is 5.56 Å². The number of nitrogens with one attached hydrogen (secondary N) is 2. The molecule has 0 spiro atoms. The minimum Gasteiger partial charge on any atom is -0.492 e. The topological polar surface area (TPSA) is 80.7 Å². The zero-order valence-corrected chi connectivity index (χ0v) is 28.0. The molecule has 4 aromatic carbocycles. The van der Waals surface area contributed by atoms with Crippen molar-refractivity contribution in [3.05, 3.63) is 114 Å². The van der Waals surface area contributed by atoms with Crippen LogP contribution in [0.25, 0.3) is 16.5 Å². The maximum Gasteiger partial charge on any atom is 0.324 e. The average Bonchev–Trinajstić information content (AvgIpc) is 3.50. The number of carbonyl (C=O) groups is 1. The lowest BCUT2D eigenvalue weighted by Gasteiger charge is -2.36. The third-order valence-electron chi connectivity index (χ3n) is 8.86. The molecule has 1 aromatic heterocycles. The van der Waals surface area contributed by atoms with E-state index >= 15 is 0 Å². The first-order valence-electron chi connectivity index (χ1n) is 16.4. The number of rotatable bonds is 9. The van der Waals surface area contributed by atoms with Crippen molar-refractivity contribution in [1.29, 1.82) is 0 Å². The van der Waals surface area contributed by atoms with E-state index in [0.29, 0.717) is 24.0 Å². The number of hydrogen-bond donors (Lipinski definition) is 2. The van der Waals surface area contributed by atoms with Gasteiger partial charge in [0.2, 0.25) is 0 Å². The van der Waals surface area contributed by atoms with Gasteiger partial charge in [-0.25, -0.2) is 9.48 Å². The Balaban J connectivity index is 1.12. The Morgan fingerprint density at radius 2 is 1.68 bits per heavy atom. The van der Waals surface area contributed by atoms with Crippen molar-refractivity contribution in [2.75, 3.05) is 43.5 Å². The van der Waals surface area contributed by atoms with E-state index in [-0.39, 0.29) is 17.6 Å². The molecule has 1 aliphatic heterocycles. The van der Waals surface area contributed by atoms with Gasteiger partial charge in [0.1, 0.15) is 18.2 Å². The van der Waals surface area contributed by atoms with Crippen LogP contribution in [0.5, 0.6) is 5.75 Å². The average molecular weight is 632 g/mol. The number of urea groups is 1. The van der Waals surface area contributed by atoms with Crippen molar-refractivity contribution in [1.82, 2.24) is 14.7 Å². The second-order valence-corrected chi connectivity index (χ2v) is 13.4. The molecule has 2 unspecified atom stereocenters. The van der Waals surface area contributed by atoms with Gasteiger partial charge >= 0.3 is 6.03 Å². The molecule has 47 heavy (non-hydrogen) atoms. The number of fused-ring (bicyclic) bond motifs is 1. The number of amides is 2. The Morgan fingerprint density at radius 1 is 0.957 bits per heavy atom. The van der Waals surface area contributed by atoms with E-state index < -0.39 is 0 Å². The first kappa shape index (κ1) is 32.3. The number of aromatic nitrogens is 2. The summed E-state index contributed by atoms with van der Waals surface area (Å²) in [7, 11) is 0. The van der Waals surface area contributed by atoms with Crippen LogP contribution in [0.2, 0.25) is 0 Å². The fourth-order valence-corrected chi connectivity index (χ4v) is 5.99. The molecule has 2 atom stereocenters. The summed E-state index contributed by atoms with van der Waals surface area (Å²) in [5.74, 6) is 1.72. The highest BCUT2D eigenvalue weighted by Crippen LogP contribution is 2.33. The van der Waals surface area contributed by atoms with Crippen molar-refractivity contribution < 1.29 is 14.3 Å². The summed E-state index contributed by atoms with van der Waals surface area (Å²) in [4.78, 5) is 15.8. The van der Waals surface area contributed by atoms with Gasteiger partial charge in [0, 0.05) is 47.8 Å². The van der Waals surface area contributed by atoms with E-state index in [4.69, 9.17) is 14.6 Å². The molecule has 0 bridgehead atoms. The van der Waals surface area contributed by atoms with Crippen LogP contribution in [-0.4, -0.2) is 59.7 Å². The van der Waals surface area contributed by atoms with Crippen LogP contribution in [-0.2, 0) is 10.2 Å². The zero-order valence-electron chi connectivity index (χ0n) is 28.0. The lowest BCUT2D eigenvalue weighted by molar-refractivity contribution is -0.0416. The van der Waals surface area contributed by atoms with E-state index in [1.54, 1.807) is 4.68 Å². The lowest BCUT2D eigenvalue weighted by atomic mass is 9.92. The Labute approximate surface area is 277 Å². The van der Waals surface area contributed by atoms with E-state index in [2.05, 4.69) is 73.6 Å². The molecule has 244 valence electrons. The fraction of sp³-hybridized carbons (Fsp3) is 0.333. The molecular formula is C39H45N5O3. The molecule has 1 saturated heterocycles. The van der Waals surface area contributed by atoms with E-state index in [9.17, 15) is 4.79 Å². The predicted molar refractivity (Wildman–Crippen MR) is 190 cm³/mol. The van der Waals surface area contributed by atoms with Crippen LogP contribution in [0, 0.1) is 6.92 Å². The Kier molecular flexibility index (Phi) is 9.61. The molecular weight excluding hydrogens is 586 g/mol. The molecule has 8 nitrogen and oxygen atoms in total. The predicted octanol–water partition coefficient (Wildman–Crippen LogP) is 8.16. The number of nitrogens with zero attached hydrogens (tertiary/aromatic N) is 3. The van der Waals surface area contributed by atoms with Gasteiger partial charge in [-0.2, -0.15) is 5.10 Å². The summed E-state index contributed by atoms with van der Waals surface area (Å²) < 4.78 is 14.3. The quantitative estimate of drug-likeness (QED) is 0.172. The normalized spacial score (nSPS) is 16.1. The number of aryl methyl sites for hydroxylation is 1. The molecule has 1 aliphatic rings. The Bertz CT molecular complexity index is 1810. The molecule has 1 fully saturated rings. The van der Waals surface area contributed by atoms with Crippen molar-refractivity contribution in [3.8, 4) is 11.4 Å².